The van der Waals surface area contributed by atoms with E-state index in [-0.39, 0.29) is 6.61 Å². The molecule has 30 heavy (non-hydrogen) atoms. The van der Waals surface area contributed by atoms with Crippen molar-refractivity contribution in [2.24, 2.45) is 0 Å². The first-order chi connectivity index (χ1) is 14.6. The summed E-state index contributed by atoms with van der Waals surface area (Å²) >= 11 is 15.5. The van der Waals surface area contributed by atoms with Crippen molar-refractivity contribution in [3.05, 3.63) is 75.5 Å². The summed E-state index contributed by atoms with van der Waals surface area (Å²) in [4.78, 5) is 4.74. The fourth-order valence-electron chi connectivity index (χ4n) is 2.81. The van der Waals surface area contributed by atoms with Crippen LogP contribution in [0.15, 0.2) is 59.1 Å². The van der Waals surface area contributed by atoms with E-state index in [1.54, 1.807) is 41.3 Å². The summed E-state index contributed by atoms with van der Waals surface area (Å²) in [5.74, 6) is 1.99. The predicted octanol–water partition coefficient (Wildman–Crippen LogP) is 6.60. The van der Waals surface area contributed by atoms with Crippen LogP contribution in [0, 0.1) is 0 Å². The molecule has 0 unspecified atom stereocenters. The summed E-state index contributed by atoms with van der Waals surface area (Å²) in [6.07, 6.45) is 0. The van der Waals surface area contributed by atoms with E-state index < -0.39 is 0 Å². The molecule has 0 aliphatic rings. The van der Waals surface area contributed by atoms with Gasteiger partial charge in [0.25, 0.3) is 0 Å². The van der Waals surface area contributed by atoms with Crippen LogP contribution < -0.4 is 4.74 Å². The number of aromatic nitrogens is 4. The molecule has 2 aromatic carbocycles. The van der Waals surface area contributed by atoms with Crippen LogP contribution in [0.3, 0.4) is 0 Å². The van der Waals surface area contributed by atoms with Gasteiger partial charge in [-0.2, -0.15) is 0 Å². The van der Waals surface area contributed by atoms with Gasteiger partial charge in [-0.25, -0.2) is 4.98 Å². The second-order valence-electron chi connectivity index (χ2n) is 6.31. The molecule has 0 saturated carbocycles. The Morgan fingerprint density at radius 2 is 1.93 bits per heavy atom. The SMILES string of the molecule is CCn1c(COc2cc(Cl)ccc2Cl)nnc1SCc1csc(-c2ccccc2)n1. The average Bonchev–Trinajstić information content (AvgIpc) is 3.40. The van der Waals surface area contributed by atoms with Crippen molar-refractivity contribution >= 4 is 46.3 Å². The van der Waals surface area contributed by atoms with E-state index in [2.05, 4.69) is 34.6 Å². The molecule has 0 spiro atoms. The predicted molar refractivity (Wildman–Crippen MR) is 124 cm³/mol. The summed E-state index contributed by atoms with van der Waals surface area (Å²) < 4.78 is 7.85. The molecule has 4 rings (SSSR count). The fourth-order valence-corrected chi connectivity index (χ4v) is 4.98. The molecule has 154 valence electrons. The number of halogens is 2. The summed E-state index contributed by atoms with van der Waals surface area (Å²) in [6, 6.07) is 15.3. The van der Waals surface area contributed by atoms with E-state index in [1.807, 2.05) is 22.8 Å². The third kappa shape index (κ3) is 4.98. The Hall–Kier alpha value is -2.06. The molecule has 5 nitrogen and oxygen atoms in total. The lowest BCUT2D eigenvalue weighted by atomic mass is 10.2. The molecule has 0 radical (unpaired) electrons. The Bertz CT molecular complexity index is 1130. The number of rotatable bonds is 8. The van der Waals surface area contributed by atoms with Crippen molar-refractivity contribution in [1.29, 1.82) is 0 Å². The molecule has 0 amide bonds. The largest absolute Gasteiger partial charge is 0.484 e. The molecular formula is C21H18Cl2N4OS2. The third-order valence-corrected chi connectivity index (χ3v) is 6.77. The van der Waals surface area contributed by atoms with Gasteiger partial charge in [-0.15, -0.1) is 21.5 Å². The maximum absolute atomic E-state index is 6.17. The van der Waals surface area contributed by atoms with Crippen LogP contribution >= 0.6 is 46.3 Å². The number of hydrogen-bond acceptors (Lipinski definition) is 6. The minimum Gasteiger partial charge on any atom is -0.484 e. The van der Waals surface area contributed by atoms with Crippen molar-refractivity contribution in [3.63, 3.8) is 0 Å². The van der Waals surface area contributed by atoms with Crippen molar-refractivity contribution in [3.8, 4) is 16.3 Å². The van der Waals surface area contributed by atoms with Gasteiger partial charge < -0.3 is 9.30 Å². The Labute approximate surface area is 193 Å². The number of thiazole rings is 1. The highest BCUT2D eigenvalue weighted by Gasteiger charge is 2.14. The summed E-state index contributed by atoms with van der Waals surface area (Å²) in [5, 5.41) is 13.7. The first kappa shape index (κ1) is 21.2. The number of hydrogen-bond donors (Lipinski definition) is 0. The molecule has 9 heteroatoms. The molecule has 0 atom stereocenters. The topological polar surface area (TPSA) is 52.8 Å². The molecule has 0 saturated heterocycles. The molecule has 0 aliphatic carbocycles. The summed E-state index contributed by atoms with van der Waals surface area (Å²) in [7, 11) is 0. The van der Waals surface area contributed by atoms with E-state index >= 15 is 0 Å². The van der Waals surface area contributed by atoms with Gasteiger partial charge in [-0.1, -0.05) is 65.3 Å². The van der Waals surface area contributed by atoms with Crippen molar-refractivity contribution in [2.75, 3.05) is 0 Å². The highest BCUT2D eigenvalue weighted by molar-refractivity contribution is 7.98. The van der Waals surface area contributed by atoms with Crippen LogP contribution in [-0.2, 0) is 18.9 Å². The van der Waals surface area contributed by atoms with Gasteiger partial charge in [0.15, 0.2) is 11.0 Å². The molecule has 0 N–H and O–H groups in total. The molecule has 2 aromatic heterocycles. The lowest BCUT2D eigenvalue weighted by molar-refractivity contribution is 0.288. The van der Waals surface area contributed by atoms with Gasteiger partial charge in [-0.05, 0) is 19.1 Å². The first-order valence-electron chi connectivity index (χ1n) is 9.26. The Morgan fingerprint density at radius 3 is 2.73 bits per heavy atom. The highest BCUT2D eigenvalue weighted by atomic mass is 35.5. The van der Waals surface area contributed by atoms with Gasteiger partial charge in [0.1, 0.15) is 17.4 Å². The van der Waals surface area contributed by atoms with Crippen molar-refractivity contribution in [1.82, 2.24) is 19.7 Å². The van der Waals surface area contributed by atoms with Crippen LogP contribution in [0.4, 0.5) is 0 Å². The van der Waals surface area contributed by atoms with Gasteiger partial charge in [0.2, 0.25) is 0 Å². The number of thioether (sulfide) groups is 1. The highest BCUT2D eigenvalue weighted by Crippen LogP contribution is 2.30. The smallest absolute Gasteiger partial charge is 0.191 e. The van der Waals surface area contributed by atoms with Crippen LogP contribution in [-0.4, -0.2) is 19.7 Å². The zero-order valence-electron chi connectivity index (χ0n) is 16.1. The maximum Gasteiger partial charge on any atom is 0.191 e. The maximum atomic E-state index is 6.17. The van der Waals surface area contributed by atoms with Gasteiger partial charge in [-0.3, -0.25) is 0 Å². The van der Waals surface area contributed by atoms with Gasteiger partial charge in [0, 0.05) is 34.3 Å². The molecule has 4 aromatic rings. The van der Waals surface area contributed by atoms with Gasteiger partial charge >= 0.3 is 0 Å². The fraction of sp³-hybridized carbons (Fsp3) is 0.190. The lowest BCUT2D eigenvalue weighted by Crippen LogP contribution is -2.07. The second-order valence-corrected chi connectivity index (χ2v) is 8.95. The average molecular weight is 477 g/mol. The molecule has 0 aliphatic heterocycles. The number of nitrogens with zero attached hydrogens (tertiary/aromatic N) is 4. The van der Waals surface area contributed by atoms with Crippen LogP contribution in [0.1, 0.15) is 18.4 Å². The standard InChI is InChI=1S/C21H18Cl2N4OS2/c1-2-27-19(11-28-18-10-15(22)8-9-17(18)23)25-26-21(27)30-13-16-12-29-20(24-16)14-6-4-3-5-7-14/h3-10,12H,2,11,13H2,1H3. The molecule has 0 fully saturated rings. The molecule has 2 heterocycles. The second kappa shape index (κ2) is 9.83. The van der Waals surface area contributed by atoms with E-state index in [0.29, 0.717) is 15.8 Å². The Balaban J connectivity index is 1.41. The van der Waals surface area contributed by atoms with Crippen LogP contribution in [0.25, 0.3) is 10.6 Å². The molecule has 0 bridgehead atoms. The van der Waals surface area contributed by atoms with E-state index in [0.717, 1.165) is 39.5 Å². The minimum atomic E-state index is 0.260. The van der Waals surface area contributed by atoms with Crippen molar-refractivity contribution < 1.29 is 4.74 Å². The Morgan fingerprint density at radius 1 is 1.10 bits per heavy atom. The van der Waals surface area contributed by atoms with E-state index in [1.165, 1.54) is 0 Å². The zero-order valence-corrected chi connectivity index (χ0v) is 19.2. The van der Waals surface area contributed by atoms with Gasteiger partial charge in [0.05, 0.1) is 10.7 Å². The van der Waals surface area contributed by atoms with E-state index in [4.69, 9.17) is 32.9 Å². The normalized spacial score (nSPS) is 11.0. The lowest BCUT2D eigenvalue weighted by Gasteiger charge is -2.10. The monoisotopic (exact) mass is 476 g/mol. The zero-order chi connectivity index (χ0) is 20.9. The summed E-state index contributed by atoms with van der Waals surface area (Å²) in [6.45, 7) is 3.06. The van der Waals surface area contributed by atoms with E-state index in [9.17, 15) is 0 Å². The van der Waals surface area contributed by atoms with Crippen LogP contribution in [0.2, 0.25) is 10.0 Å². The Kier molecular flexibility index (Phi) is 6.94. The molecular weight excluding hydrogens is 459 g/mol. The number of benzene rings is 2. The van der Waals surface area contributed by atoms with Crippen LogP contribution in [0.5, 0.6) is 5.75 Å². The quantitative estimate of drug-likeness (QED) is 0.268. The number of ether oxygens (including phenoxy) is 1. The van der Waals surface area contributed by atoms with Crippen molar-refractivity contribution in [2.45, 2.75) is 31.0 Å². The third-order valence-electron chi connectivity index (χ3n) is 4.28. The minimum absolute atomic E-state index is 0.260. The summed E-state index contributed by atoms with van der Waals surface area (Å²) in [5.41, 5.74) is 2.16. The first-order valence-corrected chi connectivity index (χ1v) is 11.9.